The molecule has 0 spiro atoms. The van der Waals surface area contributed by atoms with E-state index in [1.54, 1.807) is 10.8 Å². The topological polar surface area (TPSA) is 91.6 Å². The molecular formula is C31H34N6O2. The highest BCUT2D eigenvalue weighted by Crippen LogP contribution is 2.47. The Morgan fingerprint density at radius 2 is 1.85 bits per heavy atom. The molecule has 2 aromatic heterocycles. The Labute approximate surface area is 228 Å². The van der Waals surface area contributed by atoms with Gasteiger partial charge < -0.3 is 15.5 Å². The summed E-state index contributed by atoms with van der Waals surface area (Å²) in [7, 11) is 0. The zero-order valence-corrected chi connectivity index (χ0v) is 22.6. The van der Waals surface area contributed by atoms with Crippen LogP contribution in [0.1, 0.15) is 55.4 Å². The molecule has 1 fully saturated rings. The van der Waals surface area contributed by atoms with Crippen LogP contribution in [0.2, 0.25) is 0 Å². The Morgan fingerprint density at radius 1 is 1.03 bits per heavy atom. The van der Waals surface area contributed by atoms with Crippen molar-refractivity contribution in [3.8, 4) is 11.1 Å². The van der Waals surface area contributed by atoms with E-state index in [-0.39, 0.29) is 23.4 Å². The first-order valence-corrected chi connectivity index (χ1v) is 13.6. The molecule has 200 valence electrons. The van der Waals surface area contributed by atoms with Gasteiger partial charge in [0.2, 0.25) is 5.91 Å². The monoisotopic (exact) mass is 522 g/mol. The molecule has 1 saturated carbocycles. The van der Waals surface area contributed by atoms with Crippen LogP contribution in [0, 0.1) is 5.92 Å². The quantitative estimate of drug-likeness (QED) is 0.398. The van der Waals surface area contributed by atoms with Crippen molar-refractivity contribution >= 4 is 17.6 Å². The number of carbonyl (C=O) groups excluding carboxylic acids is 2. The molecule has 2 aromatic carbocycles. The fraction of sp³-hybridized carbons (Fsp3) is 0.355. The third-order valence-electron chi connectivity index (χ3n) is 7.67. The standard InChI is InChI=1S/C31H34N6O2/c1-31(2,3)35-30(39)36-14-13-24-23(22-10-12-28-33-19-34-37(28)17-22)11-9-21(27(24)18-36)16-32-29(38)26-15-25(26)20-7-5-4-6-8-20/h4-12,17,19,25-26H,13-16,18H2,1-3H3,(H,32,38)(H,35,39)/t25-,26?/m1/s1. The van der Waals surface area contributed by atoms with Gasteiger partial charge in [-0.05, 0) is 79.5 Å². The van der Waals surface area contributed by atoms with Gasteiger partial charge >= 0.3 is 6.03 Å². The Morgan fingerprint density at radius 3 is 2.64 bits per heavy atom. The summed E-state index contributed by atoms with van der Waals surface area (Å²) in [5.41, 5.74) is 7.26. The molecule has 8 heteroatoms. The summed E-state index contributed by atoms with van der Waals surface area (Å²) in [6.07, 6.45) is 5.17. The molecule has 3 heterocycles. The van der Waals surface area contributed by atoms with Crippen molar-refractivity contribution in [3.63, 3.8) is 0 Å². The van der Waals surface area contributed by atoms with Gasteiger partial charge in [0.15, 0.2) is 5.65 Å². The Bertz CT molecular complexity index is 1540. The summed E-state index contributed by atoms with van der Waals surface area (Å²) < 4.78 is 1.78. The molecule has 39 heavy (non-hydrogen) atoms. The lowest BCUT2D eigenvalue weighted by molar-refractivity contribution is -0.122. The molecule has 0 bridgehead atoms. The molecule has 4 aromatic rings. The van der Waals surface area contributed by atoms with E-state index in [1.807, 2.05) is 56.1 Å². The molecule has 8 nitrogen and oxygen atoms in total. The van der Waals surface area contributed by atoms with E-state index in [2.05, 4.69) is 51.0 Å². The maximum Gasteiger partial charge on any atom is 0.318 e. The minimum Gasteiger partial charge on any atom is -0.352 e. The Balaban J connectivity index is 1.26. The zero-order chi connectivity index (χ0) is 27.1. The zero-order valence-electron chi connectivity index (χ0n) is 22.6. The van der Waals surface area contributed by atoms with Gasteiger partial charge in [-0.2, -0.15) is 5.10 Å². The maximum atomic E-state index is 13.1. The minimum atomic E-state index is -0.317. The Kier molecular flexibility index (Phi) is 6.33. The highest BCUT2D eigenvalue weighted by atomic mass is 16.2. The van der Waals surface area contributed by atoms with Gasteiger partial charge in [0, 0.05) is 42.9 Å². The van der Waals surface area contributed by atoms with Crippen molar-refractivity contribution in [2.24, 2.45) is 5.92 Å². The van der Waals surface area contributed by atoms with Crippen molar-refractivity contribution in [2.45, 2.75) is 58.2 Å². The number of hydrogen-bond donors (Lipinski definition) is 2. The third-order valence-corrected chi connectivity index (χ3v) is 7.67. The molecule has 1 aliphatic carbocycles. The molecule has 2 atom stereocenters. The second kappa shape index (κ2) is 9.84. The maximum absolute atomic E-state index is 13.1. The second-order valence-electron chi connectivity index (χ2n) is 11.6. The lowest BCUT2D eigenvalue weighted by Crippen LogP contribution is -2.50. The van der Waals surface area contributed by atoms with Crippen molar-refractivity contribution in [3.05, 3.63) is 89.4 Å². The number of amides is 3. The van der Waals surface area contributed by atoms with E-state index in [9.17, 15) is 9.59 Å². The van der Waals surface area contributed by atoms with Crippen molar-refractivity contribution in [1.29, 1.82) is 0 Å². The first kappa shape index (κ1) is 25.1. The molecule has 3 amide bonds. The van der Waals surface area contributed by atoms with Crippen LogP contribution in [0.25, 0.3) is 16.8 Å². The first-order valence-electron chi connectivity index (χ1n) is 13.6. The van der Waals surface area contributed by atoms with Gasteiger partial charge in [-0.3, -0.25) is 4.79 Å². The van der Waals surface area contributed by atoms with Crippen LogP contribution in [0.4, 0.5) is 4.79 Å². The summed E-state index contributed by atoms with van der Waals surface area (Å²) in [5, 5.41) is 10.6. The lowest BCUT2D eigenvalue weighted by atomic mass is 9.88. The van der Waals surface area contributed by atoms with Crippen LogP contribution in [-0.2, 0) is 24.3 Å². The molecule has 2 aliphatic rings. The van der Waals surface area contributed by atoms with Crippen LogP contribution in [-0.4, -0.2) is 43.5 Å². The summed E-state index contributed by atoms with van der Waals surface area (Å²) >= 11 is 0. The van der Waals surface area contributed by atoms with E-state index in [4.69, 9.17) is 0 Å². The number of aromatic nitrogens is 3. The van der Waals surface area contributed by atoms with Crippen LogP contribution in [0.15, 0.2) is 67.1 Å². The average molecular weight is 523 g/mol. The normalized spacial score (nSPS) is 18.5. The molecular weight excluding hydrogens is 488 g/mol. The summed E-state index contributed by atoms with van der Waals surface area (Å²) in [6.45, 7) is 7.53. The van der Waals surface area contributed by atoms with E-state index in [0.717, 1.165) is 40.7 Å². The van der Waals surface area contributed by atoms with Gasteiger partial charge in [-0.1, -0.05) is 42.5 Å². The fourth-order valence-electron chi connectivity index (χ4n) is 5.59. The lowest BCUT2D eigenvalue weighted by Gasteiger charge is -2.34. The van der Waals surface area contributed by atoms with Gasteiger partial charge in [0.25, 0.3) is 0 Å². The number of fused-ring (bicyclic) bond motifs is 2. The third kappa shape index (κ3) is 5.24. The van der Waals surface area contributed by atoms with Gasteiger partial charge in [-0.25, -0.2) is 14.3 Å². The number of hydrogen-bond acceptors (Lipinski definition) is 4. The van der Waals surface area contributed by atoms with E-state index < -0.39 is 0 Å². The van der Waals surface area contributed by atoms with Crippen molar-refractivity contribution in [1.82, 2.24) is 30.1 Å². The number of pyridine rings is 1. The van der Waals surface area contributed by atoms with Crippen molar-refractivity contribution < 1.29 is 9.59 Å². The molecule has 0 saturated heterocycles. The summed E-state index contributed by atoms with van der Waals surface area (Å²) in [4.78, 5) is 32.2. The predicted molar refractivity (Wildman–Crippen MR) is 150 cm³/mol. The highest BCUT2D eigenvalue weighted by molar-refractivity contribution is 5.83. The van der Waals surface area contributed by atoms with Gasteiger partial charge in [0.05, 0.1) is 0 Å². The van der Waals surface area contributed by atoms with Crippen LogP contribution in [0.3, 0.4) is 0 Å². The van der Waals surface area contributed by atoms with E-state index in [0.29, 0.717) is 25.6 Å². The fourth-order valence-corrected chi connectivity index (χ4v) is 5.59. The van der Waals surface area contributed by atoms with Gasteiger partial charge in [0.1, 0.15) is 6.33 Å². The largest absolute Gasteiger partial charge is 0.352 e. The SMILES string of the molecule is CC(C)(C)NC(=O)N1CCc2c(-c3ccc4ncnn4c3)ccc(CNC(=O)C3C[C@@H]3c3ccccc3)c2C1. The van der Waals surface area contributed by atoms with E-state index in [1.165, 1.54) is 11.1 Å². The van der Waals surface area contributed by atoms with Gasteiger partial charge in [-0.15, -0.1) is 0 Å². The first-order chi connectivity index (χ1) is 18.8. The highest BCUT2D eigenvalue weighted by Gasteiger charge is 2.43. The average Bonchev–Trinajstić information content (AvgIpc) is 3.60. The van der Waals surface area contributed by atoms with Crippen LogP contribution >= 0.6 is 0 Å². The predicted octanol–water partition coefficient (Wildman–Crippen LogP) is 4.68. The number of carbonyl (C=O) groups is 2. The molecule has 2 N–H and O–H groups in total. The molecule has 6 rings (SSSR count). The number of urea groups is 1. The summed E-state index contributed by atoms with van der Waals surface area (Å²) in [5.74, 6) is 0.410. The van der Waals surface area contributed by atoms with E-state index >= 15 is 0 Å². The second-order valence-corrected chi connectivity index (χ2v) is 11.6. The Hall–Kier alpha value is -4.20. The molecule has 0 radical (unpaired) electrons. The number of benzene rings is 2. The smallest absolute Gasteiger partial charge is 0.318 e. The molecule has 1 unspecified atom stereocenters. The number of nitrogens with zero attached hydrogens (tertiary/aromatic N) is 4. The summed E-state index contributed by atoms with van der Waals surface area (Å²) in [6, 6.07) is 18.4. The van der Waals surface area contributed by atoms with Crippen LogP contribution < -0.4 is 10.6 Å². The van der Waals surface area contributed by atoms with Crippen molar-refractivity contribution in [2.75, 3.05) is 6.54 Å². The van der Waals surface area contributed by atoms with Crippen LogP contribution in [0.5, 0.6) is 0 Å². The number of nitrogens with one attached hydrogen (secondary N) is 2. The molecule has 1 aliphatic heterocycles. The minimum absolute atomic E-state index is 0.0194. The number of rotatable bonds is 5.